The zero-order chi connectivity index (χ0) is 32.2. The largest absolute Gasteiger partial charge is 0.462 e. The van der Waals surface area contributed by atoms with Crippen LogP contribution in [0.1, 0.15) is 129 Å². The second-order valence-corrected chi connectivity index (χ2v) is 10.9. The summed E-state index contributed by atoms with van der Waals surface area (Å²) in [6, 6.07) is 0. The van der Waals surface area contributed by atoms with Crippen LogP contribution >= 0.6 is 0 Å². The lowest BCUT2D eigenvalue weighted by molar-refractivity contribution is -0.161. The fraction of sp³-hybridized carbons (Fsp3) is 0.590. The summed E-state index contributed by atoms with van der Waals surface area (Å²) in [5, 5.41) is 9.49. The molecule has 1 unspecified atom stereocenters. The van der Waals surface area contributed by atoms with Crippen LogP contribution in [0.2, 0.25) is 0 Å². The summed E-state index contributed by atoms with van der Waals surface area (Å²) in [5.74, 6) is -0.712. The first-order valence-corrected chi connectivity index (χ1v) is 17.1. The number of allylic oxidation sites excluding steroid dienone is 14. The number of hydrogen-bond donors (Lipinski definition) is 1. The molecule has 0 spiro atoms. The molecule has 0 saturated heterocycles. The average Bonchev–Trinajstić information content (AvgIpc) is 3.02. The first kappa shape index (κ1) is 41.1. The van der Waals surface area contributed by atoms with Gasteiger partial charge in [-0.25, -0.2) is 0 Å². The minimum Gasteiger partial charge on any atom is -0.462 e. The lowest BCUT2D eigenvalue weighted by Crippen LogP contribution is -2.28. The highest BCUT2D eigenvalue weighted by atomic mass is 16.6. The molecule has 44 heavy (non-hydrogen) atoms. The molecular formula is C39H62O5. The molecule has 0 saturated carbocycles. The molecule has 0 radical (unpaired) electrons. The smallest absolute Gasteiger partial charge is 0.306 e. The maximum absolute atomic E-state index is 12.1. The number of aliphatic hydroxyl groups excluding tert-OH is 1. The van der Waals surface area contributed by atoms with Gasteiger partial charge in [0.25, 0.3) is 0 Å². The number of ether oxygens (including phenoxy) is 2. The van der Waals surface area contributed by atoms with E-state index in [1.807, 2.05) is 12.2 Å². The molecule has 0 bridgehead atoms. The fourth-order valence-corrected chi connectivity index (χ4v) is 4.09. The van der Waals surface area contributed by atoms with Crippen LogP contribution in [0.5, 0.6) is 0 Å². The van der Waals surface area contributed by atoms with E-state index in [0.717, 1.165) is 64.2 Å². The van der Waals surface area contributed by atoms with Crippen molar-refractivity contribution in [2.45, 2.75) is 136 Å². The van der Waals surface area contributed by atoms with Crippen molar-refractivity contribution >= 4 is 11.9 Å². The molecule has 0 heterocycles. The quantitative estimate of drug-likeness (QED) is 0.0518. The molecule has 5 nitrogen and oxygen atoms in total. The summed E-state index contributed by atoms with van der Waals surface area (Å²) >= 11 is 0. The van der Waals surface area contributed by atoms with Gasteiger partial charge in [-0.2, -0.15) is 0 Å². The van der Waals surface area contributed by atoms with Crippen molar-refractivity contribution in [3.8, 4) is 0 Å². The van der Waals surface area contributed by atoms with Crippen molar-refractivity contribution < 1.29 is 24.2 Å². The highest BCUT2D eigenvalue weighted by molar-refractivity contribution is 5.70. The van der Waals surface area contributed by atoms with Crippen LogP contribution < -0.4 is 0 Å². The number of carbonyl (C=O) groups excluding carboxylic acids is 2. The van der Waals surface area contributed by atoms with Gasteiger partial charge in [0.2, 0.25) is 0 Å². The van der Waals surface area contributed by atoms with Crippen molar-refractivity contribution in [3.05, 3.63) is 85.1 Å². The van der Waals surface area contributed by atoms with E-state index in [9.17, 15) is 14.7 Å². The third-order valence-electron chi connectivity index (χ3n) is 6.69. The first-order valence-electron chi connectivity index (χ1n) is 17.1. The number of hydrogen-bond acceptors (Lipinski definition) is 5. The Kier molecular flexibility index (Phi) is 32.3. The minimum atomic E-state index is -0.809. The molecule has 5 heteroatoms. The Labute approximate surface area is 269 Å². The van der Waals surface area contributed by atoms with Crippen molar-refractivity contribution in [2.24, 2.45) is 0 Å². The lowest BCUT2D eigenvalue weighted by atomic mass is 10.1. The van der Waals surface area contributed by atoms with E-state index < -0.39 is 6.10 Å². The number of unbranched alkanes of at least 4 members (excludes halogenated alkanes) is 7. The summed E-state index contributed by atoms with van der Waals surface area (Å²) in [6.07, 6.45) is 46.5. The second-order valence-electron chi connectivity index (χ2n) is 10.9. The molecule has 0 amide bonds. The molecule has 0 fully saturated rings. The van der Waals surface area contributed by atoms with Crippen LogP contribution in [-0.2, 0) is 19.1 Å². The van der Waals surface area contributed by atoms with Crippen LogP contribution in [0, 0.1) is 0 Å². The van der Waals surface area contributed by atoms with Crippen LogP contribution in [0.25, 0.3) is 0 Å². The Bertz CT molecular complexity index is 875. The summed E-state index contributed by atoms with van der Waals surface area (Å²) in [6.45, 7) is 3.88. The van der Waals surface area contributed by atoms with Gasteiger partial charge in [-0.05, 0) is 70.6 Å². The van der Waals surface area contributed by atoms with Crippen molar-refractivity contribution in [3.63, 3.8) is 0 Å². The Morgan fingerprint density at radius 1 is 0.545 bits per heavy atom. The number of aliphatic hydroxyl groups is 1. The molecule has 1 atom stereocenters. The maximum Gasteiger partial charge on any atom is 0.306 e. The molecule has 0 aliphatic rings. The summed E-state index contributed by atoms with van der Waals surface area (Å²) in [7, 11) is 0. The zero-order valence-electron chi connectivity index (χ0n) is 27.9. The molecule has 0 aromatic rings. The fourth-order valence-electron chi connectivity index (χ4n) is 4.09. The third-order valence-corrected chi connectivity index (χ3v) is 6.69. The molecule has 1 N–H and O–H groups in total. The normalized spacial score (nSPS) is 13.2. The predicted octanol–water partition coefficient (Wildman–Crippen LogP) is 10.4. The molecule has 0 aliphatic heterocycles. The standard InChI is InChI=1S/C39H62O5/c1-3-5-7-9-11-13-15-16-17-18-19-20-21-22-24-25-27-29-31-33-38(41)43-36-37(35-40)44-39(42)34-32-30-28-26-23-14-12-10-8-6-4-2/h5,7,10-13,16-17,19-20,22,24,27,29,37,40H,3-4,6,8-9,14-15,18,21,23,25-26,28,30-36H2,1-2H3. The third kappa shape index (κ3) is 32.0. The van der Waals surface area contributed by atoms with Gasteiger partial charge in [-0.1, -0.05) is 131 Å². The predicted molar refractivity (Wildman–Crippen MR) is 186 cm³/mol. The van der Waals surface area contributed by atoms with Crippen LogP contribution in [-0.4, -0.2) is 36.4 Å². The van der Waals surface area contributed by atoms with E-state index in [-0.39, 0.29) is 31.6 Å². The van der Waals surface area contributed by atoms with Gasteiger partial charge in [0.15, 0.2) is 6.10 Å². The van der Waals surface area contributed by atoms with E-state index in [4.69, 9.17) is 9.47 Å². The Morgan fingerprint density at radius 2 is 1.02 bits per heavy atom. The van der Waals surface area contributed by atoms with Crippen LogP contribution in [0.3, 0.4) is 0 Å². The molecule has 0 aliphatic carbocycles. The van der Waals surface area contributed by atoms with Gasteiger partial charge in [0.05, 0.1) is 6.61 Å². The average molecular weight is 611 g/mol. The van der Waals surface area contributed by atoms with Crippen LogP contribution in [0.4, 0.5) is 0 Å². The van der Waals surface area contributed by atoms with E-state index in [2.05, 4.69) is 86.8 Å². The summed E-state index contributed by atoms with van der Waals surface area (Å²) in [4.78, 5) is 24.1. The lowest BCUT2D eigenvalue weighted by Gasteiger charge is -2.15. The summed E-state index contributed by atoms with van der Waals surface area (Å²) < 4.78 is 10.5. The Balaban J connectivity index is 3.78. The van der Waals surface area contributed by atoms with Crippen molar-refractivity contribution in [1.29, 1.82) is 0 Å². The van der Waals surface area contributed by atoms with Gasteiger partial charge in [0.1, 0.15) is 6.61 Å². The molecule has 0 aromatic heterocycles. The van der Waals surface area contributed by atoms with Gasteiger partial charge in [0, 0.05) is 12.8 Å². The second kappa shape index (κ2) is 34.6. The molecule has 0 aromatic carbocycles. The topological polar surface area (TPSA) is 72.8 Å². The van der Waals surface area contributed by atoms with Crippen molar-refractivity contribution in [2.75, 3.05) is 13.2 Å². The van der Waals surface area contributed by atoms with E-state index >= 15 is 0 Å². The number of carbonyl (C=O) groups is 2. The highest BCUT2D eigenvalue weighted by Gasteiger charge is 2.15. The molecular weight excluding hydrogens is 548 g/mol. The Hall–Kier alpha value is -2.92. The molecule has 0 rings (SSSR count). The maximum atomic E-state index is 12.1. The minimum absolute atomic E-state index is 0.114. The van der Waals surface area contributed by atoms with E-state index in [1.54, 1.807) is 0 Å². The van der Waals surface area contributed by atoms with E-state index in [0.29, 0.717) is 12.8 Å². The van der Waals surface area contributed by atoms with Gasteiger partial charge in [-0.3, -0.25) is 9.59 Å². The SMILES string of the molecule is CCC=CCC=CCC=CCC=CCC=CCC=CCCC(=O)OCC(CO)OC(=O)CCCCCCCC=CCCCC. The van der Waals surface area contributed by atoms with Gasteiger partial charge < -0.3 is 14.6 Å². The monoisotopic (exact) mass is 610 g/mol. The van der Waals surface area contributed by atoms with Gasteiger partial charge in [-0.15, -0.1) is 0 Å². The first-order chi connectivity index (χ1) is 21.6. The van der Waals surface area contributed by atoms with Gasteiger partial charge >= 0.3 is 11.9 Å². The number of esters is 2. The van der Waals surface area contributed by atoms with Crippen molar-refractivity contribution in [1.82, 2.24) is 0 Å². The summed E-state index contributed by atoms with van der Waals surface area (Å²) in [5.41, 5.74) is 0. The van der Waals surface area contributed by atoms with E-state index in [1.165, 1.54) is 32.1 Å². The Morgan fingerprint density at radius 3 is 1.57 bits per heavy atom. The van der Waals surface area contributed by atoms with Crippen LogP contribution in [0.15, 0.2) is 85.1 Å². The number of rotatable bonds is 29. The zero-order valence-corrected chi connectivity index (χ0v) is 27.9. The highest BCUT2D eigenvalue weighted by Crippen LogP contribution is 2.10. The molecule has 248 valence electrons.